The maximum Gasteiger partial charge on any atom is 0.337 e. The van der Waals surface area contributed by atoms with Crippen LogP contribution in [-0.2, 0) is 18.9 Å². The third-order valence-electron chi connectivity index (χ3n) is 33.3. The summed E-state index contributed by atoms with van der Waals surface area (Å²) in [5, 5.41) is 8.60. The number of rotatable bonds is 4. The normalized spacial score (nSPS) is 24.4. The number of nitrogens with zero attached hydrogens (tertiary/aromatic N) is 10. The van der Waals surface area contributed by atoms with E-state index in [4.69, 9.17) is 77.8 Å². The van der Waals surface area contributed by atoms with E-state index in [9.17, 15) is 19.2 Å². The molecule has 2 saturated heterocycles. The summed E-state index contributed by atoms with van der Waals surface area (Å²) in [4.78, 5) is 95.5. The monoisotopic (exact) mass is 1870 g/mol. The number of amides is 2. The van der Waals surface area contributed by atoms with Crippen molar-refractivity contribution in [1.29, 1.82) is 0 Å². The molecule has 16 aromatic rings. The molecule has 12 aromatic carbocycles. The van der Waals surface area contributed by atoms with Gasteiger partial charge in [-0.25, -0.2) is 49.5 Å². The number of methoxy groups -OCH3 is 2. The zero-order valence-electron chi connectivity index (χ0n) is 82.6. The summed E-state index contributed by atoms with van der Waals surface area (Å²) in [6, 6.07) is 55.7. The van der Waals surface area contributed by atoms with Crippen LogP contribution in [0.3, 0.4) is 0 Å². The van der Waals surface area contributed by atoms with E-state index in [0.717, 1.165) is 188 Å². The van der Waals surface area contributed by atoms with Gasteiger partial charge in [0.15, 0.2) is 0 Å². The number of aromatic nitrogens is 8. The predicted molar refractivity (Wildman–Crippen MR) is 550 cm³/mol. The van der Waals surface area contributed by atoms with E-state index >= 15 is 0 Å². The lowest BCUT2D eigenvalue weighted by Gasteiger charge is -2.49. The molecule has 0 spiro atoms. The van der Waals surface area contributed by atoms with E-state index in [1.54, 1.807) is 24.3 Å². The molecule has 0 radical (unpaired) electrons. The molecule has 716 valence electrons. The second-order valence-corrected chi connectivity index (χ2v) is 43.8. The highest BCUT2D eigenvalue weighted by Gasteiger charge is 2.53. The van der Waals surface area contributed by atoms with Gasteiger partial charge >= 0.3 is 11.9 Å². The molecule has 140 heavy (non-hydrogen) atoms. The molecule has 6 aliphatic heterocycles. The predicted octanol–water partition coefficient (Wildman–Crippen LogP) is 25.0. The van der Waals surface area contributed by atoms with Crippen molar-refractivity contribution in [2.45, 2.75) is 206 Å². The Morgan fingerprint density at radius 2 is 0.507 bits per heavy atom. The van der Waals surface area contributed by atoms with Crippen LogP contribution >= 0.6 is 0 Å². The van der Waals surface area contributed by atoms with Crippen LogP contribution in [0.15, 0.2) is 170 Å². The second kappa shape index (κ2) is 35.1. The van der Waals surface area contributed by atoms with Gasteiger partial charge in [0.1, 0.15) is 45.4 Å². The fraction of sp³-hybridized carbons (Fsp3) is 0.424. The highest BCUT2D eigenvalue weighted by molar-refractivity contribution is 6.16. The second-order valence-electron chi connectivity index (χ2n) is 43.8. The van der Waals surface area contributed by atoms with Crippen LogP contribution in [0.25, 0.3) is 131 Å². The third kappa shape index (κ3) is 15.6. The minimum atomic E-state index is -0.372. The molecule has 22 nitrogen and oxygen atoms in total. The van der Waals surface area contributed by atoms with Crippen molar-refractivity contribution in [2.24, 2.45) is 47.3 Å². The van der Waals surface area contributed by atoms with Crippen LogP contribution in [0.5, 0.6) is 23.0 Å². The summed E-state index contributed by atoms with van der Waals surface area (Å²) in [5.41, 5.74) is 19.6. The molecule has 10 heterocycles. The van der Waals surface area contributed by atoms with Crippen molar-refractivity contribution in [3.63, 3.8) is 0 Å². The van der Waals surface area contributed by atoms with E-state index in [1.165, 1.54) is 68.6 Å². The first-order valence-corrected chi connectivity index (χ1v) is 50.9. The number of benzene rings is 12. The summed E-state index contributed by atoms with van der Waals surface area (Å²) in [6.45, 7) is 32.2. The van der Waals surface area contributed by atoms with Crippen molar-refractivity contribution < 1.29 is 57.1 Å². The fourth-order valence-corrected chi connectivity index (χ4v) is 26.2. The Labute approximate surface area is 814 Å². The number of carbonyl (C=O) groups is 4. The summed E-state index contributed by atoms with van der Waals surface area (Å²) in [5.74, 6) is 9.16. The summed E-state index contributed by atoms with van der Waals surface area (Å²) < 4.78 is 48.0. The van der Waals surface area contributed by atoms with Crippen molar-refractivity contribution in [1.82, 2.24) is 49.7 Å². The Balaban J connectivity index is 0.000000104. The van der Waals surface area contributed by atoms with Crippen molar-refractivity contribution in [3.05, 3.63) is 214 Å². The van der Waals surface area contributed by atoms with Gasteiger partial charge in [-0.3, -0.25) is 9.59 Å². The molecule has 10 aliphatic rings. The van der Waals surface area contributed by atoms with Crippen molar-refractivity contribution >= 4 is 155 Å². The zero-order chi connectivity index (χ0) is 96.4. The van der Waals surface area contributed by atoms with Gasteiger partial charge in [0.2, 0.25) is 0 Å². The van der Waals surface area contributed by atoms with Crippen LogP contribution in [0.2, 0.25) is 0 Å². The summed E-state index contributed by atoms with van der Waals surface area (Å²) >= 11 is 0. The Morgan fingerprint density at radius 3 is 0.764 bits per heavy atom. The van der Waals surface area contributed by atoms with Crippen molar-refractivity contribution in [2.75, 3.05) is 66.8 Å². The number of fused-ring (bicyclic) bond motifs is 36. The van der Waals surface area contributed by atoms with E-state index < -0.39 is 0 Å². The number of hydrogen-bond acceptors (Lipinski definition) is 20. The van der Waals surface area contributed by atoms with Gasteiger partial charge < -0.3 is 47.7 Å². The minimum absolute atomic E-state index is 0.0251. The van der Waals surface area contributed by atoms with Crippen LogP contribution in [0.4, 0.5) is 0 Å². The maximum absolute atomic E-state index is 13.2. The average molecular weight is 1870 g/mol. The van der Waals surface area contributed by atoms with Gasteiger partial charge in [0.05, 0.1) is 140 Å². The molecular weight excluding hydrogens is 1750 g/mol. The molecule has 0 bridgehead atoms. The number of hydrogen-bond donors (Lipinski definition) is 0. The third-order valence-corrected chi connectivity index (χ3v) is 33.3. The van der Waals surface area contributed by atoms with E-state index in [2.05, 4.69) is 168 Å². The first-order valence-electron chi connectivity index (χ1n) is 50.9. The van der Waals surface area contributed by atoms with Gasteiger partial charge in [-0.1, -0.05) is 150 Å². The topological polar surface area (TPSA) is 252 Å². The molecule has 22 heteroatoms. The molecule has 0 N–H and O–H groups in total. The first kappa shape index (κ1) is 90.9. The highest BCUT2D eigenvalue weighted by Crippen LogP contribution is 2.62. The molecule has 0 unspecified atom stereocenters. The van der Waals surface area contributed by atoms with Crippen LogP contribution < -0.4 is 18.9 Å². The molecule has 26 rings (SSSR count). The molecular formula is C118H122N10O12. The quantitative estimate of drug-likeness (QED) is 0.0901. The van der Waals surface area contributed by atoms with Crippen molar-refractivity contribution in [3.8, 4) is 23.0 Å². The minimum Gasteiger partial charge on any atom is -0.487 e. The Morgan fingerprint density at radius 1 is 0.286 bits per heavy atom. The van der Waals surface area contributed by atoms with Gasteiger partial charge in [-0.05, 0) is 227 Å². The highest BCUT2D eigenvalue weighted by atomic mass is 16.5. The van der Waals surface area contributed by atoms with Gasteiger partial charge in [0.25, 0.3) is 11.8 Å². The molecule has 2 amide bonds. The summed E-state index contributed by atoms with van der Waals surface area (Å²) in [7, 11) is 2.78. The number of carbonyl (C=O) groups excluding carboxylic acids is 4. The molecule has 6 fully saturated rings. The van der Waals surface area contributed by atoms with E-state index in [-0.39, 0.29) is 46.2 Å². The Hall–Kier alpha value is -12.9. The standard InChI is InChI=1S/2C31H33N3O3.2C28H28N2O3/c1-18-8-10-23-22(16-18)26-28-27(20-6-4-5-7-21(20)29(26)37-31(23,2)3)33-25-17-19(9-11-24(25)32-28)30(35)34-12-14-36-15-13-34;1-18-8-10-23-22(16-18)26-28-27(20-6-4-5-7-21(20)29(26)37-31(23,2)3)32-24-11-9-19(17-25(24)33-28)30(35)34-12-14-36-15-13-34;1-15-9-11-20-19(13-15)23-25-24(17-7-5-6-8-18(17)26(23)33-28(20,2)3)30-22-14-16(27(31)32-4)10-12-21(22)29-25;1-15-9-11-20-19(13-15)23-25-24(17-7-5-6-8-18(17)26(23)33-28(20,2)3)29-21-12-10-16(27(31)32-4)14-22(21)30-25/h2*4-7,9,11,17-18,22-23H,8,10,12-16H2,1-3H3;2*5-8,10,12,14-15,19-20H,9,11,13H2,1-4H3/t2*18-,22-,23-;2*15-,19-,20-/m0000/s1. The molecule has 4 saturated carbocycles. The molecule has 4 aromatic heterocycles. The Kier molecular flexibility index (Phi) is 22.8. The zero-order valence-corrected chi connectivity index (χ0v) is 82.6. The van der Waals surface area contributed by atoms with E-state index in [0.29, 0.717) is 157 Å². The van der Waals surface area contributed by atoms with Crippen LogP contribution in [0.1, 0.15) is 247 Å². The van der Waals surface area contributed by atoms with Gasteiger partial charge in [-0.15, -0.1) is 0 Å². The Bertz CT molecular complexity index is 7820. The molecule has 4 aliphatic carbocycles. The lowest BCUT2D eigenvalue weighted by atomic mass is 9.64. The fourth-order valence-electron chi connectivity index (χ4n) is 26.2. The number of morpholine rings is 2. The maximum atomic E-state index is 13.2. The first-order chi connectivity index (χ1) is 67.5. The van der Waals surface area contributed by atoms with E-state index in [1.807, 2.05) is 70.5 Å². The number of esters is 2. The molecule has 12 atom stereocenters. The lowest BCUT2D eigenvalue weighted by Crippen LogP contribution is -2.46. The SMILES string of the molecule is COC(=O)c1ccc2nc3c(nc2c1)c1c(c2ccccc23)OC(C)(C)[C@H]2CC[C@H](C)C[C@H]12.COC(=O)c1ccc2nc3c4c(c5ccccc5c3nc2c1)OC(C)(C)[C@H]1CC[C@H](C)C[C@H]41.C[C@H]1CC[C@H]2[C@H](C1)c1c(c3ccccc3c3nc4cc(C(=O)N5CCOCC5)ccc4nc13)OC2(C)C.C[C@H]1CC[C@H]2[C@H](C1)c1c(c3ccccc3c3nc4ccc(C(=O)N5CCOCC5)cc4nc13)OC2(C)C. The van der Waals surface area contributed by atoms with Crippen LogP contribution in [0, 0.1) is 47.3 Å². The van der Waals surface area contributed by atoms with Crippen LogP contribution in [-0.4, -0.2) is 163 Å². The van der Waals surface area contributed by atoms with Gasteiger partial charge in [-0.2, -0.15) is 0 Å². The largest absolute Gasteiger partial charge is 0.487 e. The average Bonchev–Trinajstić information content (AvgIpc) is 0.720. The summed E-state index contributed by atoms with van der Waals surface area (Å²) in [6.07, 6.45) is 14.1. The lowest BCUT2D eigenvalue weighted by molar-refractivity contribution is -0.0118. The number of ether oxygens (including phenoxy) is 8. The van der Waals surface area contributed by atoms with Gasteiger partial charge in [0, 0.05) is 126 Å². The smallest absolute Gasteiger partial charge is 0.337 e.